The Kier molecular flexibility index (Phi) is 8.88. The second-order valence-corrected chi connectivity index (χ2v) is 9.79. The normalized spacial score (nSPS) is 27.5. The van der Waals surface area contributed by atoms with Crippen molar-refractivity contribution in [2.75, 3.05) is 23.8 Å². The second-order valence-electron chi connectivity index (χ2n) is 7.88. The summed E-state index contributed by atoms with van der Waals surface area (Å²) >= 11 is 10.5. The average Bonchev–Trinajstić information content (AvgIpc) is 3.28. The molecule has 7 nitrogen and oxygen atoms in total. The van der Waals surface area contributed by atoms with Crippen molar-refractivity contribution in [1.29, 1.82) is 0 Å². The zero-order chi connectivity index (χ0) is 21.5. The van der Waals surface area contributed by atoms with E-state index in [1.54, 1.807) is 0 Å². The van der Waals surface area contributed by atoms with Gasteiger partial charge in [-0.05, 0) is 24.8 Å². The number of carbonyl (C=O) groups is 3. The molecule has 2 aliphatic heterocycles. The predicted octanol–water partition coefficient (Wildman–Crippen LogP) is 1.43. The molecule has 10 heteroatoms. The fourth-order valence-corrected chi connectivity index (χ4v) is 6.03. The Balaban J connectivity index is 1.28. The highest BCUT2D eigenvalue weighted by atomic mass is 32.2. The summed E-state index contributed by atoms with van der Waals surface area (Å²) in [5.41, 5.74) is 2.24. The van der Waals surface area contributed by atoms with E-state index in [2.05, 4.69) is 52.6 Å². The molecule has 4 atom stereocenters. The number of fused-ring (bicyclic) bond motifs is 1. The summed E-state index contributed by atoms with van der Waals surface area (Å²) in [5.74, 6) is 1.91. The average molecular weight is 471 g/mol. The molecule has 0 saturated carbocycles. The Hall–Kier alpha value is -1.26. The molecule has 4 amide bonds. The van der Waals surface area contributed by atoms with Crippen molar-refractivity contribution >= 4 is 54.9 Å². The Morgan fingerprint density at radius 2 is 2.00 bits per heavy atom. The van der Waals surface area contributed by atoms with Gasteiger partial charge in [0.1, 0.15) is 0 Å². The number of amides is 4. The van der Waals surface area contributed by atoms with Crippen LogP contribution in [-0.4, -0.2) is 65.0 Å². The number of allylic oxidation sites excluding steroid dienone is 1. The van der Waals surface area contributed by atoms with Gasteiger partial charge in [-0.15, -0.1) is 0 Å². The van der Waals surface area contributed by atoms with Crippen molar-refractivity contribution in [1.82, 2.24) is 21.3 Å². The first-order valence-electron chi connectivity index (χ1n) is 10.3. The summed E-state index contributed by atoms with van der Waals surface area (Å²) in [4.78, 5) is 35.6. The van der Waals surface area contributed by atoms with E-state index in [0.717, 1.165) is 37.0 Å². The molecule has 0 aromatic rings. The summed E-state index contributed by atoms with van der Waals surface area (Å²) in [6.45, 7) is -0.0146. The highest BCUT2D eigenvalue weighted by molar-refractivity contribution is 8.00. The minimum absolute atomic E-state index is 0.0146. The van der Waals surface area contributed by atoms with Gasteiger partial charge in [-0.2, -0.15) is 37.0 Å². The summed E-state index contributed by atoms with van der Waals surface area (Å²) < 4.78 is 0. The molecule has 2 heterocycles. The molecule has 1 aliphatic carbocycles. The van der Waals surface area contributed by atoms with Crippen LogP contribution in [-0.2, 0) is 9.59 Å². The van der Waals surface area contributed by atoms with Gasteiger partial charge in [0.15, 0.2) is 0 Å². The number of hydrogen-bond acceptors (Lipinski definition) is 6. The van der Waals surface area contributed by atoms with Crippen LogP contribution in [0.1, 0.15) is 32.1 Å². The molecule has 2 saturated heterocycles. The van der Waals surface area contributed by atoms with Crippen LogP contribution in [0.2, 0.25) is 0 Å². The van der Waals surface area contributed by atoms with Crippen LogP contribution < -0.4 is 21.3 Å². The molecule has 30 heavy (non-hydrogen) atoms. The minimum atomic E-state index is -0.193. The molecule has 1 unspecified atom stereocenters. The third-order valence-corrected chi connectivity index (χ3v) is 7.83. The van der Waals surface area contributed by atoms with Gasteiger partial charge in [-0.25, -0.2) is 4.79 Å². The van der Waals surface area contributed by atoms with E-state index in [-0.39, 0.29) is 42.5 Å². The van der Waals surface area contributed by atoms with E-state index in [0.29, 0.717) is 23.2 Å². The summed E-state index contributed by atoms with van der Waals surface area (Å²) in [6, 6.07) is 0.282. The molecule has 0 radical (unpaired) electrons. The molecule has 0 aromatic carbocycles. The Morgan fingerprint density at radius 3 is 2.77 bits per heavy atom. The molecular weight excluding hydrogens is 440 g/mol. The van der Waals surface area contributed by atoms with E-state index in [1.807, 2.05) is 17.8 Å². The number of hydrogen-bond donors (Lipinski definition) is 6. The minimum Gasteiger partial charge on any atom is -0.348 e. The fourth-order valence-electron chi connectivity index (χ4n) is 4.07. The monoisotopic (exact) mass is 470 g/mol. The van der Waals surface area contributed by atoms with Crippen LogP contribution in [0.5, 0.6) is 0 Å². The van der Waals surface area contributed by atoms with Gasteiger partial charge < -0.3 is 21.3 Å². The van der Waals surface area contributed by atoms with Crippen molar-refractivity contribution in [3.05, 3.63) is 23.3 Å². The molecule has 0 spiro atoms. The fraction of sp³-hybridized carbons (Fsp3) is 0.650. The van der Waals surface area contributed by atoms with E-state index in [9.17, 15) is 14.4 Å². The maximum Gasteiger partial charge on any atom is 0.315 e. The predicted molar refractivity (Wildman–Crippen MR) is 127 cm³/mol. The Morgan fingerprint density at radius 1 is 1.17 bits per heavy atom. The van der Waals surface area contributed by atoms with Gasteiger partial charge in [-0.1, -0.05) is 24.1 Å². The molecule has 166 valence electrons. The van der Waals surface area contributed by atoms with E-state index in [1.165, 1.54) is 5.57 Å². The van der Waals surface area contributed by atoms with E-state index >= 15 is 0 Å². The molecule has 3 aliphatic rings. The summed E-state index contributed by atoms with van der Waals surface area (Å²) in [5, 5.41) is 12.0. The lowest BCUT2D eigenvalue weighted by Gasteiger charge is -2.22. The number of carbonyl (C=O) groups excluding carboxylic acids is 3. The SMILES string of the molecule is O=C(CCCC[C@@H]1SC[C@@H]2NC(=O)N[C@@H]21)NCC(=O)NC1C=C(CS)C=C(CS)C1. The van der Waals surface area contributed by atoms with Crippen molar-refractivity contribution < 1.29 is 14.4 Å². The third-order valence-electron chi connectivity index (χ3n) is 5.55. The van der Waals surface area contributed by atoms with Gasteiger partial charge in [0.25, 0.3) is 0 Å². The van der Waals surface area contributed by atoms with Crippen LogP contribution in [0, 0.1) is 0 Å². The van der Waals surface area contributed by atoms with Crippen LogP contribution in [0.15, 0.2) is 23.3 Å². The van der Waals surface area contributed by atoms with Gasteiger partial charge in [-0.3, -0.25) is 9.59 Å². The number of rotatable bonds is 10. The molecule has 0 bridgehead atoms. The Bertz CT molecular complexity index is 728. The van der Waals surface area contributed by atoms with Crippen LogP contribution in [0.4, 0.5) is 4.79 Å². The lowest BCUT2D eigenvalue weighted by Crippen LogP contribution is -2.42. The number of unbranched alkanes of at least 4 members (excludes halogenated alkanes) is 1. The second kappa shape index (κ2) is 11.4. The summed E-state index contributed by atoms with van der Waals surface area (Å²) in [7, 11) is 0. The lowest BCUT2D eigenvalue weighted by atomic mass is 9.97. The topological polar surface area (TPSA) is 99.3 Å². The number of thiol groups is 2. The highest BCUT2D eigenvalue weighted by Crippen LogP contribution is 2.33. The van der Waals surface area contributed by atoms with Crippen LogP contribution in [0.3, 0.4) is 0 Å². The number of thioether (sulfide) groups is 1. The maximum absolute atomic E-state index is 12.2. The molecule has 2 fully saturated rings. The maximum atomic E-state index is 12.2. The standard InChI is InChI=1S/C20H30N4O3S3/c25-17(4-2-1-3-16-19-15(11-30-16)23-20(27)24-19)21-8-18(26)22-14-6-12(9-28)5-13(7-14)10-29/h5-6,14-16,19,28-29H,1-4,7-11H2,(H,21,25)(H,22,26)(H2,23,24,27)/t14?,15-,16-,19-/m0/s1. The molecule has 3 rings (SSSR count). The van der Waals surface area contributed by atoms with Crippen molar-refractivity contribution in [2.24, 2.45) is 0 Å². The molecule has 0 aromatic heterocycles. The lowest BCUT2D eigenvalue weighted by molar-refractivity contribution is -0.126. The first kappa shape index (κ1) is 23.4. The van der Waals surface area contributed by atoms with Crippen molar-refractivity contribution in [3.8, 4) is 0 Å². The van der Waals surface area contributed by atoms with Gasteiger partial charge in [0.2, 0.25) is 11.8 Å². The highest BCUT2D eigenvalue weighted by Gasteiger charge is 2.42. The first-order valence-corrected chi connectivity index (χ1v) is 12.7. The smallest absolute Gasteiger partial charge is 0.315 e. The molecular formula is C20H30N4O3S3. The quantitative estimate of drug-likeness (QED) is 0.165. The zero-order valence-corrected chi connectivity index (χ0v) is 19.5. The largest absolute Gasteiger partial charge is 0.348 e. The number of urea groups is 1. The van der Waals surface area contributed by atoms with Gasteiger partial charge in [0.05, 0.1) is 24.7 Å². The van der Waals surface area contributed by atoms with Gasteiger partial charge in [0, 0.05) is 28.9 Å². The number of nitrogens with one attached hydrogen (secondary N) is 4. The van der Waals surface area contributed by atoms with Crippen molar-refractivity contribution in [3.63, 3.8) is 0 Å². The molecule has 4 N–H and O–H groups in total. The van der Waals surface area contributed by atoms with E-state index in [4.69, 9.17) is 0 Å². The Labute approximate surface area is 192 Å². The first-order chi connectivity index (χ1) is 14.5. The van der Waals surface area contributed by atoms with Gasteiger partial charge >= 0.3 is 6.03 Å². The van der Waals surface area contributed by atoms with Crippen LogP contribution >= 0.6 is 37.0 Å². The summed E-state index contributed by atoms with van der Waals surface area (Å²) in [6.07, 6.45) is 7.90. The third kappa shape index (κ3) is 6.62. The van der Waals surface area contributed by atoms with E-state index < -0.39 is 0 Å². The van der Waals surface area contributed by atoms with Crippen molar-refractivity contribution in [2.45, 2.75) is 55.5 Å². The zero-order valence-electron chi connectivity index (χ0n) is 16.9. The van der Waals surface area contributed by atoms with Crippen LogP contribution in [0.25, 0.3) is 0 Å².